The molecule has 0 radical (unpaired) electrons. The molecular weight excluding hydrogens is 451 g/mol. The Morgan fingerprint density at radius 1 is 1.46 bits per heavy atom. The van der Waals surface area contributed by atoms with Crippen molar-refractivity contribution in [1.29, 1.82) is 0 Å². The van der Waals surface area contributed by atoms with Crippen molar-refractivity contribution >= 4 is 53.0 Å². The van der Waals surface area contributed by atoms with Gasteiger partial charge in [-0.05, 0) is 58.0 Å². The van der Waals surface area contributed by atoms with E-state index in [1.165, 1.54) is 24.1 Å². The molecule has 1 fully saturated rings. The van der Waals surface area contributed by atoms with Crippen molar-refractivity contribution in [3.05, 3.63) is 22.4 Å². The number of thioether (sulfide) groups is 1. The molecule has 3 unspecified atom stereocenters. The van der Waals surface area contributed by atoms with Gasteiger partial charge in [-0.3, -0.25) is 4.99 Å². The highest BCUT2D eigenvalue weighted by Crippen LogP contribution is 2.28. The van der Waals surface area contributed by atoms with E-state index in [1.54, 1.807) is 11.3 Å². The van der Waals surface area contributed by atoms with Gasteiger partial charge in [0.15, 0.2) is 5.96 Å². The molecule has 0 bridgehead atoms. The standard InChI is InChI=1S/C17H30N4S2.HI/c1-5-18-17(20-13-8-9-14(11-13)22-4)19-12-15(21(2)3)16-7-6-10-23-16;/h6-7,10,13-15H,5,8-9,11-12H2,1-4H3,(H2,18,19,20);1H. The minimum atomic E-state index is 0. The van der Waals surface area contributed by atoms with Crippen LogP contribution in [0.1, 0.15) is 37.1 Å². The van der Waals surface area contributed by atoms with Crippen LogP contribution in [0, 0.1) is 0 Å². The summed E-state index contributed by atoms with van der Waals surface area (Å²) in [5, 5.41) is 9.97. The number of thiophene rings is 1. The second-order valence-electron chi connectivity index (χ2n) is 6.23. The van der Waals surface area contributed by atoms with Gasteiger partial charge in [0, 0.05) is 22.7 Å². The molecule has 24 heavy (non-hydrogen) atoms. The fraction of sp³-hybridized carbons (Fsp3) is 0.706. The molecular formula is C17H31IN4S2. The van der Waals surface area contributed by atoms with Gasteiger partial charge in [0.2, 0.25) is 0 Å². The van der Waals surface area contributed by atoms with Crippen molar-refractivity contribution in [2.45, 2.75) is 43.5 Å². The van der Waals surface area contributed by atoms with Gasteiger partial charge in [0.05, 0.1) is 12.6 Å². The highest BCUT2D eigenvalue weighted by Gasteiger charge is 2.24. The van der Waals surface area contributed by atoms with Crippen LogP contribution >= 0.6 is 47.1 Å². The molecule has 2 N–H and O–H groups in total. The van der Waals surface area contributed by atoms with E-state index < -0.39 is 0 Å². The molecule has 138 valence electrons. The second kappa shape index (κ2) is 11.6. The summed E-state index contributed by atoms with van der Waals surface area (Å²) in [5.74, 6) is 0.961. The van der Waals surface area contributed by atoms with Crippen LogP contribution in [0.2, 0.25) is 0 Å². The van der Waals surface area contributed by atoms with Gasteiger partial charge in [0.25, 0.3) is 0 Å². The van der Waals surface area contributed by atoms with Gasteiger partial charge >= 0.3 is 0 Å². The Bertz CT molecular complexity index is 479. The van der Waals surface area contributed by atoms with E-state index in [0.717, 1.165) is 24.3 Å². The SMILES string of the molecule is CCNC(=NCC(c1cccs1)N(C)C)NC1CCC(SC)C1.I. The topological polar surface area (TPSA) is 39.7 Å². The maximum Gasteiger partial charge on any atom is 0.191 e. The molecule has 1 aromatic heterocycles. The zero-order valence-corrected chi connectivity index (χ0v) is 19.1. The van der Waals surface area contributed by atoms with E-state index >= 15 is 0 Å². The number of nitrogens with one attached hydrogen (secondary N) is 2. The number of rotatable bonds is 7. The maximum absolute atomic E-state index is 4.86. The summed E-state index contributed by atoms with van der Waals surface area (Å²) in [5.41, 5.74) is 0. The highest BCUT2D eigenvalue weighted by molar-refractivity contribution is 14.0. The summed E-state index contributed by atoms with van der Waals surface area (Å²) in [6.45, 7) is 3.80. The van der Waals surface area contributed by atoms with Gasteiger partial charge in [-0.1, -0.05) is 6.07 Å². The Labute approximate surface area is 172 Å². The predicted molar refractivity (Wildman–Crippen MR) is 120 cm³/mol. The molecule has 1 heterocycles. The molecule has 1 saturated carbocycles. The fourth-order valence-corrected chi connectivity index (χ4v) is 4.68. The summed E-state index contributed by atoms with van der Waals surface area (Å²) in [7, 11) is 4.25. The zero-order chi connectivity index (χ0) is 16.7. The van der Waals surface area contributed by atoms with Crippen LogP contribution in [0.25, 0.3) is 0 Å². The Morgan fingerprint density at radius 3 is 2.79 bits per heavy atom. The van der Waals surface area contributed by atoms with E-state index in [2.05, 4.69) is 60.3 Å². The maximum atomic E-state index is 4.86. The molecule has 4 nitrogen and oxygen atoms in total. The molecule has 1 aliphatic rings. The minimum absolute atomic E-state index is 0. The normalized spacial score (nSPS) is 22.3. The van der Waals surface area contributed by atoms with Crippen LogP contribution in [0.5, 0.6) is 0 Å². The number of halogens is 1. The first kappa shape index (κ1) is 22.1. The van der Waals surface area contributed by atoms with Crippen LogP contribution in [-0.4, -0.2) is 55.6 Å². The largest absolute Gasteiger partial charge is 0.357 e. The summed E-state index contributed by atoms with van der Waals surface area (Å²) in [6, 6.07) is 5.22. The van der Waals surface area contributed by atoms with Crippen molar-refractivity contribution in [3.8, 4) is 0 Å². The Hall–Kier alpha value is 0.01000. The lowest BCUT2D eigenvalue weighted by atomic mass is 10.2. The summed E-state index contributed by atoms with van der Waals surface area (Å²) < 4.78 is 0. The van der Waals surface area contributed by atoms with Gasteiger partial charge in [-0.15, -0.1) is 35.3 Å². The predicted octanol–water partition coefficient (Wildman–Crippen LogP) is 3.81. The highest BCUT2D eigenvalue weighted by atomic mass is 127. The number of hydrogen-bond donors (Lipinski definition) is 2. The molecule has 0 aliphatic heterocycles. The first-order chi connectivity index (χ1) is 11.1. The van der Waals surface area contributed by atoms with Gasteiger partial charge in [-0.25, -0.2) is 0 Å². The van der Waals surface area contributed by atoms with Crippen molar-refractivity contribution in [2.24, 2.45) is 4.99 Å². The number of aliphatic imine (C=N–C) groups is 1. The van der Waals surface area contributed by atoms with Crippen LogP contribution < -0.4 is 10.6 Å². The van der Waals surface area contributed by atoms with Crippen molar-refractivity contribution < 1.29 is 0 Å². The Balaban J connectivity index is 0.00000288. The van der Waals surface area contributed by atoms with Crippen molar-refractivity contribution in [2.75, 3.05) is 33.4 Å². The monoisotopic (exact) mass is 482 g/mol. The average Bonchev–Trinajstić information content (AvgIpc) is 3.18. The molecule has 0 spiro atoms. The molecule has 7 heteroatoms. The van der Waals surface area contributed by atoms with E-state index in [9.17, 15) is 0 Å². The molecule has 0 saturated heterocycles. The van der Waals surface area contributed by atoms with E-state index in [4.69, 9.17) is 4.99 Å². The number of guanidine groups is 1. The minimum Gasteiger partial charge on any atom is -0.357 e. The smallest absolute Gasteiger partial charge is 0.191 e. The molecule has 0 amide bonds. The van der Waals surface area contributed by atoms with Gasteiger partial charge < -0.3 is 15.5 Å². The third-order valence-corrected chi connectivity index (χ3v) is 6.39. The molecule has 2 rings (SSSR count). The number of hydrogen-bond acceptors (Lipinski definition) is 4. The van der Waals surface area contributed by atoms with Crippen molar-refractivity contribution in [1.82, 2.24) is 15.5 Å². The fourth-order valence-electron chi connectivity index (χ4n) is 2.97. The molecule has 0 aromatic carbocycles. The molecule has 3 atom stereocenters. The lowest BCUT2D eigenvalue weighted by molar-refractivity contribution is 0.310. The average molecular weight is 483 g/mol. The third kappa shape index (κ3) is 6.72. The lowest BCUT2D eigenvalue weighted by Gasteiger charge is -2.23. The lowest BCUT2D eigenvalue weighted by Crippen LogP contribution is -2.43. The van der Waals surface area contributed by atoms with Crippen LogP contribution in [-0.2, 0) is 0 Å². The number of likely N-dealkylation sites (N-methyl/N-ethyl adjacent to an activating group) is 1. The molecule has 1 aromatic rings. The van der Waals surface area contributed by atoms with Crippen LogP contribution in [0.3, 0.4) is 0 Å². The van der Waals surface area contributed by atoms with Crippen LogP contribution in [0.4, 0.5) is 0 Å². The third-order valence-electron chi connectivity index (χ3n) is 4.32. The van der Waals surface area contributed by atoms with Gasteiger partial charge in [-0.2, -0.15) is 11.8 Å². The van der Waals surface area contributed by atoms with E-state index in [0.29, 0.717) is 12.1 Å². The summed E-state index contributed by atoms with van der Waals surface area (Å²) in [4.78, 5) is 8.48. The van der Waals surface area contributed by atoms with E-state index in [1.807, 2.05) is 11.8 Å². The van der Waals surface area contributed by atoms with Crippen molar-refractivity contribution in [3.63, 3.8) is 0 Å². The summed E-state index contributed by atoms with van der Waals surface area (Å²) in [6.07, 6.45) is 6.02. The quantitative estimate of drug-likeness (QED) is 0.352. The second-order valence-corrected chi connectivity index (χ2v) is 8.34. The first-order valence-electron chi connectivity index (χ1n) is 8.41. The zero-order valence-electron chi connectivity index (χ0n) is 15.1. The van der Waals surface area contributed by atoms with E-state index in [-0.39, 0.29) is 24.0 Å². The Morgan fingerprint density at radius 2 is 2.25 bits per heavy atom. The Kier molecular flexibility index (Phi) is 10.7. The van der Waals surface area contributed by atoms with Crippen LogP contribution in [0.15, 0.2) is 22.5 Å². The first-order valence-corrected chi connectivity index (χ1v) is 10.6. The van der Waals surface area contributed by atoms with Gasteiger partial charge in [0.1, 0.15) is 0 Å². The summed E-state index contributed by atoms with van der Waals surface area (Å²) >= 11 is 3.80. The number of nitrogens with zero attached hydrogens (tertiary/aromatic N) is 2. The molecule has 1 aliphatic carbocycles.